The molecule has 0 aromatic carbocycles. The van der Waals surface area contributed by atoms with Crippen LogP contribution in [-0.4, -0.2) is 43.1 Å². The molecule has 1 saturated heterocycles. The number of pyridine rings is 1. The molecule has 1 fully saturated rings. The highest BCUT2D eigenvalue weighted by molar-refractivity contribution is 5.53. The molecule has 1 aliphatic heterocycles. The van der Waals surface area contributed by atoms with E-state index in [2.05, 4.69) is 27.9 Å². The van der Waals surface area contributed by atoms with Crippen molar-refractivity contribution in [3.05, 3.63) is 23.9 Å². The predicted octanol–water partition coefficient (Wildman–Crippen LogP) is 1.10. The summed E-state index contributed by atoms with van der Waals surface area (Å²) in [4.78, 5) is 8.85. The maximum absolute atomic E-state index is 9.04. The van der Waals surface area contributed by atoms with Gasteiger partial charge in [-0.1, -0.05) is 0 Å². The number of rotatable bonds is 1. The molecule has 4 nitrogen and oxygen atoms in total. The Balaban J connectivity index is 2.20. The molecule has 1 aromatic heterocycles. The van der Waals surface area contributed by atoms with Crippen molar-refractivity contribution >= 4 is 5.82 Å². The van der Waals surface area contributed by atoms with Crippen molar-refractivity contribution in [2.75, 3.05) is 38.1 Å². The van der Waals surface area contributed by atoms with Crippen molar-refractivity contribution in [1.82, 2.24) is 9.88 Å². The molecule has 1 aliphatic rings. The van der Waals surface area contributed by atoms with Gasteiger partial charge >= 0.3 is 0 Å². The number of hydrogen-bond acceptors (Lipinski definition) is 4. The average Bonchev–Trinajstić information content (AvgIpc) is 2.54. The molecular weight excluding hydrogens is 200 g/mol. The maximum Gasteiger partial charge on any atom is 0.146 e. The number of aromatic nitrogens is 1. The van der Waals surface area contributed by atoms with Gasteiger partial charge < -0.3 is 9.80 Å². The molecule has 2 heterocycles. The Bertz CT molecular complexity index is 396. The van der Waals surface area contributed by atoms with E-state index in [1.165, 1.54) is 0 Å². The largest absolute Gasteiger partial charge is 0.354 e. The average molecular weight is 216 g/mol. The Kier molecular flexibility index (Phi) is 3.37. The van der Waals surface area contributed by atoms with Gasteiger partial charge in [0, 0.05) is 25.8 Å². The summed E-state index contributed by atoms with van der Waals surface area (Å²) in [6, 6.07) is 5.85. The third-order valence-corrected chi connectivity index (χ3v) is 2.93. The van der Waals surface area contributed by atoms with Crippen LogP contribution in [0, 0.1) is 11.3 Å². The molecule has 1 aromatic rings. The summed E-state index contributed by atoms with van der Waals surface area (Å²) >= 11 is 0. The van der Waals surface area contributed by atoms with Gasteiger partial charge in [0.25, 0.3) is 0 Å². The zero-order valence-corrected chi connectivity index (χ0v) is 9.56. The molecule has 16 heavy (non-hydrogen) atoms. The second kappa shape index (κ2) is 4.95. The second-order valence-corrected chi connectivity index (χ2v) is 4.13. The Morgan fingerprint density at radius 1 is 1.31 bits per heavy atom. The van der Waals surface area contributed by atoms with Crippen molar-refractivity contribution in [3.8, 4) is 6.07 Å². The van der Waals surface area contributed by atoms with Crippen molar-refractivity contribution in [2.45, 2.75) is 6.42 Å². The Labute approximate surface area is 96.1 Å². The lowest BCUT2D eigenvalue weighted by atomic mass is 10.2. The van der Waals surface area contributed by atoms with Gasteiger partial charge in [0.05, 0.1) is 5.56 Å². The van der Waals surface area contributed by atoms with E-state index in [0.717, 1.165) is 38.4 Å². The van der Waals surface area contributed by atoms with Crippen LogP contribution in [0.25, 0.3) is 0 Å². The SMILES string of the molecule is CN1CCCN(c2ncccc2C#N)CC1. The lowest BCUT2D eigenvalue weighted by Gasteiger charge is -2.22. The number of likely N-dealkylation sites (N-methyl/N-ethyl adjacent to an activating group) is 1. The van der Waals surface area contributed by atoms with Gasteiger partial charge in [-0.2, -0.15) is 5.26 Å². The van der Waals surface area contributed by atoms with E-state index >= 15 is 0 Å². The van der Waals surface area contributed by atoms with E-state index in [1.54, 1.807) is 6.20 Å². The van der Waals surface area contributed by atoms with E-state index < -0.39 is 0 Å². The van der Waals surface area contributed by atoms with Crippen LogP contribution in [0.5, 0.6) is 0 Å². The quantitative estimate of drug-likeness (QED) is 0.705. The number of nitriles is 1. The van der Waals surface area contributed by atoms with Crippen LogP contribution >= 0.6 is 0 Å². The van der Waals surface area contributed by atoms with Crippen molar-refractivity contribution in [3.63, 3.8) is 0 Å². The molecule has 0 atom stereocenters. The van der Waals surface area contributed by atoms with Gasteiger partial charge in [0.1, 0.15) is 11.9 Å². The van der Waals surface area contributed by atoms with Crippen molar-refractivity contribution in [1.29, 1.82) is 5.26 Å². The molecule has 4 heteroatoms. The minimum atomic E-state index is 0.673. The summed E-state index contributed by atoms with van der Waals surface area (Å²) < 4.78 is 0. The van der Waals surface area contributed by atoms with Crippen molar-refractivity contribution < 1.29 is 0 Å². The van der Waals surface area contributed by atoms with Crippen LogP contribution in [0.15, 0.2) is 18.3 Å². The van der Waals surface area contributed by atoms with Crippen LogP contribution in [0.1, 0.15) is 12.0 Å². The number of nitrogens with zero attached hydrogens (tertiary/aromatic N) is 4. The first-order valence-electron chi connectivity index (χ1n) is 5.60. The van der Waals surface area contributed by atoms with Gasteiger partial charge in [-0.15, -0.1) is 0 Å². The minimum absolute atomic E-state index is 0.673. The highest BCUT2D eigenvalue weighted by Gasteiger charge is 2.15. The number of anilines is 1. The van der Waals surface area contributed by atoms with Gasteiger partial charge in [-0.25, -0.2) is 4.98 Å². The Morgan fingerprint density at radius 2 is 2.19 bits per heavy atom. The highest BCUT2D eigenvalue weighted by atomic mass is 15.2. The van der Waals surface area contributed by atoms with Crippen LogP contribution in [-0.2, 0) is 0 Å². The molecule has 0 saturated carbocycles. The summed E-state index contributed by atoms with van der Waals surface area (Å²) in [7, 11) is 2.13. The lowest BCUT2D eigenvalue weighted by molar-refractivity contribution is 0.360. The molecule has 0 bridgehead atoms. The molecule has 0 N–H and O–H groups in total. The first kappa shape index (κ1) is 10.9. The normalized spacial score (nSPS) is 17.9. The zero-order valence-electron chi connectivity index (χ0n) is 9.56. The predicted molar refractivity (Wildman–Crippen MR) is 63.3 cm³/mol. The van der Waals surface area contributed by atoms with Crippen molar-refractivity contribution in [2.24, 2.45) is 0 Å². The summed E-state index contributed by atoms with van der Waals surface area (Å²) in [5, 5.41) is 9.04. The lowest BCUT2D eigenvalue weighted by Crippen LogP contribution is -2.29. The maximum atomic E-state index is 9.04. The Morgan fingerprint density at radius 3 is 3.00 bits per heavy atom. The van der Waals surface area contributed by atoms with Crippen LogP contribution in [0.4, 0.5) is 5.82 Å². The second-order valence-electron chi connectivity index (χ2n) is 4.13. The molecular formula is C12H16N4. The molecule has 2 rings (SSSR count). The molecule has 0 radical (unpaired) electrons. The van der Waals surface area contributed by atoms with Crippen LogP contribution in [0.3, 0.4) is 0 Å². The minimum Gasteiger partial charge on any atom is -0.354 e. The van der Waals surface area contributed by atoms with E-state index in [0.29, 0.717) is 5.56 Å². The fourth-order valence-electron chi connectivity index (χ4n) is 1.99. The van der Waals surface area contributed by atoms with Crippen LogP contribution < -0.4 is 4.90 Å². The topological polar surface area (TPSA) is 43.2 Å². The zero-order chi connectivity index (χ0) is 11.4. The third kappa shape index (κ3) is 2.31. The first-order valence-corrected chi connectivity index (χ1v) is 5.60. The Hall–Kier alpha value is -1.60. The smallest absolute Gasteiger partial charge is 0.146 e. The summed E-state index contributed by atoms with van der Waals surface area (Å²) in [5.41, 5.74) is 0.673. The number of hydrogen-bond donors (Lipinski definition) is 0. The van der Waals surface area contributed by atoms with Gasteiger partial charge in [0.15, 0.2) is 0 Å². The molecule has 0 unspecified atom stereocenters. The third-order valence-electron chi connectivity index (χ3n) is 2.93. The molecule has 0 amide bonds. The fourth-order valence-corrected chi connectivity index (χ4v) is 1.99. The van der Waals surface area contributed by atoms with E-state index in [-0.39, 0.29) is 0 Å². The first-order chi connectivity index (χ1) is 7.81. The van der Waals surface area contributed by atoms with E-state index in [1.807, 2.05) is 12.1 Å². The monoisotopic (exact) mass is 216 g/mol. The van der Waals surface area contributed by atoms with E-state index in [4.69, 9.17) is 5.26 Å². The van der Waals surface area contributed by atoms with Gasteiger partial charge in [0.2, 0.25) is 0 Å². The van der Waals surface area contributed by atoms with E-state index in [9.17, 15) is 0 Å². The van der Waals surface area contributed by atoms with Gasteiger partial charge in [-0.3, -0.25) is 0 Å². The summed E-state index contributed by atoms with van der Waals surface area (Å²) in [6.07, 6.45) is 2.88. The fraction of sp³-hybridized carbons (Fsp3) is 0.500. The van der Waals surface area contributed by atoms with Crippen LogP contribution in [0.2, 0.25) is 0 Å². The summed E-state index contributed by atoms with van der Waals surface area (Å²) in [6.45, 7) is 4.07. The molecule has 0 aliphatic carbocycles. The molecule has 0 spiro atoms. The molecule has 84 valence electrons. The van der Waals surface area contributed by atoms with Gasteiger partial charge in [-0.05, 0) is 32.1 Å². The summed E-state index contributed by atoms with van der Waals surface area (Å²) in [5.74, 6) is 0.834. The highest BCUT2D eigenvalue weighted by Crippen LogP contribution is 2.17. The standard InChI is InChI=1S/C12H16N4/c1-15-6-3-7-16(9-8-15)12-11(10-13)4-2-5-14-12/h2,4-5H,3,6-9H2,1H3.